The first-order valence-corrected chi connectivity index (χ1v) is 11.6. The normalized spacial score (nSPS) is 14.5. The molecule has 3 aromatic carbocycles. The van der Waals surface area contributed by atoms with E-state index in [0.29, 0.717) is 27.3 Å². The summed E-state index contributed by atoms with van der Waals surface area (Å²) in [6.45, 7) is 2.54. The number of thiocarbonyl (C=S) groups is 1. The van der Waals surface area contributed by atoms with Gasteiger partial charge in [-0.3, -0.25) is 19.8 Å². The van der Waals surface area contributed by atoms with Gasteiger partial charge < -0.3 is 9.47 Å². The van der Waals surface area contributed by atoms with Crippen LogP contribution in [0, 0.1) is 10.1 Å². The van der Waals surface area contributed by atoms with E-state index in [2.05, 4.69) is 0 Å². The van der Waals surface area contributed by atoms with E-state index in [4.69, 9.17) is 21.7 Å². The molecule has 1 amide bonds. The van der Waals surface area contributed by atoms with Gasteiger partial charge in [-0.25, -0.2) is 0 Å². The molecule has 0 saturated carbocycles. The predicted molar refractivity (Wildman–Crippen MR) is 137 cm³/mol. The molecule has 1 aliphatic heterocycles. The summed E-state index contributed by atoms with van der Waals surface area (Å²) in [6.07, 6.45) is 1.78. The summed E-state index contributed by atoms with van der Waals surface area (Å²) >= 11 is 6.68. The number of non-ortho nitro benzene ring substituents is 1. The zero-order valence-electron chi connectivity index (χ0n) is 18.2. The Morgan fingerprint density at radius 3 is 2.44 bits per heavy atom. The zero-order chi connectivity index (χ0) is 24.1. The Balaban J connectivity index is 1.52. The highest BCUT2D eigenvalue weighted by molar-refractivity contribution is 8.27. The van der Waals surface area contributed by atoms with Crippen LogP contribution in [0.4, 0.5) is 11.4 Å². The lowest BCUT2D eigenvalue weighted by molar-refractivity contribution is -0.384. The van der Waals surface area contributed by atoms with Gasteiger partial charge in [-0.2, -0.15) is 0 Å². The lowest BCUT2D eigenvalue weighted by Gasteiger charge is -2.14. The maximum atomic E-state index is 13.0. The number of rotatable bonds is 8. The zero-order valence-corrected chi connectivity index (χ0v) is 19.8. The number of hydrogen-bond acceptors (Lipinski definition) is 7. The molecule has 0 spiro atoms. The van der Waals surface area contributed by atoms with Gasteiger partial charge in [0.15, 0.2) is 15.8 Å². The van der Waals surface area contributed by atoms with Crippen molar-refractivity contribution in [2.75, 3.05) is 11.5 Å². The number of hydrogen-bond donors (Lipinski definition) is 0. The first kappa shape index (κ1) is 23.5. The summed E-state index contributed by atoms with van der Waals surface area (Å²) in [4.78, 5) is 25.4. The van der Waals surface area contributed by atoms with Crippen molar-refractivity contribution in [1.82, 2.24) is 0 Å². The van der Waals surface area contributed by atoms with Gasteiger partial charge in [0, 0.05) is 12.1 Å². The standard InChI is InChI=1S/C25H20N2O5S2/c1-2-31-22-14-18(10-13-21(22)32-16-17-8-11-20(12-9-17)27(29)30)15-23-24(28)26(25(33)34-23)19-6-4-3-5-7-19/h3-15H,2,16H2,1H3/b23-15-. The average Bonchev–Trinajstić information content (AvgIpc) is 3.12. The number of ether oxygens (including phenoxy) is 2. The Kier molecular flexibility index (Phi) is 7.24. The number of carbonyl (C=O) groups excluding carboxylic acids is 1. The minimum Gasteiger partial charge on any atom is -0.490 e. The summed E-state index contributed by atoms with van der Waals surface area (Å²) in [5.41, 5.74) is 2.33. The summed E-state index contributed by atoms with van der Waals surface area (Å²) < 4.78 is 12.1. The smallest absolute Gasteiger partial charge is 0.270 e. The van der Waals surface area contributed by atoms with Crippen LogP contribution in [0.1, 0.15) is 18.1 Å². The Bertz CT molecular complexity index is 1260. The molecule has 0 N–H and O–H groups in total. The van der Waals surface area contributed by atoms with Gasteiger partial charge in [0.25, 0.3) is 11.6 Å². The van der Waals surface area contributed by atoms with E-state index in [9.17, 15) is 14.9 Å². The number of para-hydroxylation sites is 1. The van der Waals surface area contributed by atoms with Gasteiger partial charge in [0.2, 0.25) is 0 Å². The molecule has 0 unspecified atom stereocenters. The molecule has 0 radical (unpaired) electrons. The first-order valence-electron chi connectivity index (χ1n) is 10.4. The predicted octanol–water partition coefficient (Wildman–Crippen LogP) is 5.98. The Morgan fingerprint density at radius 1 is 1.03 bits per heavy atom. The van der Waals surface area contributed by atoms with E-state index >= 15 is 0 Å². The molecule has 4 rings (SSSR count). The first-order chi connectivity index (χ1) is 16.5. The molecule has 0 atom stereocenters. The van der Waals surface area contributed by atoms with E-state index < -0.39 is 4.92 Å². The maximum Gasteiger partial charge on any atom is 0.270 e. The maximum absolute atomic E-state index is 13.0. The summed E-state index contributed by atoms with van der Waals surface area (Å²) in [5, 5.41) is 10.8. The quantitative estimate of drug-likeness (QED) is 0.166. The van der Waals surface area contributed by atoms with Crippen molar-refractivity contribution < 1.29 is 19.2 Å². The fourth-order valence-electron chi connectivity index (χ4n) is 3.30. The van der Waals surface area contributed by atoms with Crippen molar-refractivity contribution in [2.24, 2.45) is 0 Å². The van der Waals surface area contributed by atoms with Gasteiger partial charge in [0.1, 0.15) is 6.61 Å². The third kappa shape index (κ3) is 5.27. The van der Waals surface area contributed by atoms with Gasteiger partial charge in [-0.05, 0) is 60.5 Å². The minimum atomic E-state index is -0.440. The van der Waals surface area contributed by atoms with Crippen molar-refractivity contribution in [3.05, 3.63) is 98.9 Å². The van der Waals surface area contributed by atoms with Crippen LogP contribution in [-0.4, -0.2) is 21.8 Å². The highest BCUT2D eigenvalue weighted by Gasteiger charge is 2.33. The second-order valence-electron chi connectivity index (χ2n) is 7.20. The van der Waals surface area contributed by atoms with Crippen LogP contribution in [0.25, 0.3) is 6.08 Å². The van der Waals surface area contributed by atoms with Crippen molar-refractivity contribution >= 4 is 51.7 Å². The van der Waals surface area contributed by atoms with Crippen LogP contribution in [-0.2, 0) is 11.4 Å². The number of anilines is 1. The van der Waals surface area contributed by atoms with Crippen molar-refractivity contribution in [1.29, 1.82) is 0 Å². The number of amides is 1. The summed E-state index contributed by atoms with van der Waals surface area (Å²) in [6, 6.07) is 20.9. The van der Waals surface area contributed by atoms with Crippen LogP contribution in [0.3, 0.4) is 0 Å². The molecule has 1 saturated heterocycles. The number of benzene rings is 3. The minimum absolute atomic E-state index is 0.0285. The molecule has 1 fully saturated rings. The lowest BCUT2D eigenvalue weighted by Crippen LogP contribution is -2.27. The van der Waals surface area contributed by atoms with Crippen LogP contribution in [0.5, 0.6) is 11.5 Å². The van der Waals surface area contributed by atoms with Gasteiger partial charge in [-0.1, -0.05) is 48.2 Å². The van der Waals surface area contributed by atoms with Crippen molar-refractivity contribution in [3.8, 4) is 11.5 Å². The third-order valence-electron chi connectivity index (χ3n) is 4.91. The Hall–Kier alpha value is -3.69. The van der Waals surface area contributed by atoms with Crippen LogP contribution in [0.15, 0.2) is 77.7 Å². The number of carbonyl (C=O) groups is 1. The number of thioether (sulfide) groups is 1. The fraction of sp³-hybridized carbons (Fsp3) is 0.120. The van der Waals surface area contributed by atoms with Crippen LogP contribution in [0.2, 0.25) is 0 Å². The number of nitro benzene ring substituents is 1. The van der Waals surface area contributed by atoms with Crippen molar-refractivity contribution in [2.45, 2.75) is 13.5 Å². The molecule has 1 aliphatic rings. The molecular weight excluding hydrogens is 472 g/mol. The number of nitrogens with zero attached hydrogens (tertiary/aromatic N) is 2. The van der Waals surface area contributed by atoms with E-state index in [0.717, 1.165) is 16.8 Å². The monoisotopic (exact) mass is 492 g/mol. The Labute approximate surface area is 206 Å². The third-order valence-corrected chi connectivity index (χ3v) is 6.22. The van der Waals surface area contributed by atoms with Crippen molar-refractivity contribution in [3.63, 3.8) is 0 Å². The molecule has 34 heavy (non-hydrogen) atoms. The largest absolute Gasteiger partial charge is 0.490 e. The summed E-state index contributed by atoms with van der Waals surface area (Å²) in [5.74, 6) is 0.906. The van der Waals surface area contributed by atoms with E-state index in [1.807, 2.05) is 49.4 Å². The highest BCUT2D eigenvalue weighted by atomic mass is 32.2. The molecule has 172 valence electrons. The Morgan fingerprint density at radius 2 is 1.76 bits per heavy atom. The van der Waals surface area contributed by atoms with E-state index in [1.54, 1.807) is 24.3 Å². The molecule has 9 heteroatoms. The van der Waals surface area contributed by atoms with E-state index in [1.165, 1.54) is 28.8 Å². The van der Waals surface area contributed by atoms with Gasteiger partial charge >= 0.3 is 0 Å². The molecule has 0 aliphatic carbocycles. The van der Waals surface area contributed by atoms with E-state index in [-0.39, 0.29) is 18.2 Å². The molecular formula is C25H20N2O5S2. The van der Waals surface area contributed by atoms with Crippen LogP contribution >= 0.6 is 24.0 Å². The van der Waals surface area contributed by atoms with Gasteiger partial charge in [0.05, 0.1) is 22.1 Å². The van der Waals surface area contributed by atoms with Gasteiger partial charge in [-0.15, -0.1) is 0 Å². The average molecular weight is 493 g/mol. The molecule has 0 bridgehead atoms. The van der Waals surface area contributed by atoms with Crippen LogP contribution < -0.4 is 14.4 Å². The molecule has 7 nitrogen and oxygen atoms in total. The second-order valence-corrected chi connectivity index (χ2v) is 8.88. The fourth-order valence-corrected chi connectivity index (χ4v) is 4.59. The molecule has 3 aromatic rings. The highest BCUT2D eigenvalue weighted by Crippen LogP contribution is 2.37. The lowest BCUT2D eigenvalue weighted by atomic mass is 10.1. The second kappa shape index (κ2) is 10.5. The SMILES string of the molecule is CCOc1cc(/C=C2\SC(=S)N(c3ccccc3)C2=O)ccc1OCc1ccc([N+](=O)[O-])cc1. The molecule has 1 heterocycles. The number of nitro groups is 1. The summed E-state index contributed by atoms with van der Waals surface area (Å²) in [7, 11) is 0. The topological polar surface area (TPSA) is 81.9 Å². The molecule has 0 aromatic heterocycles.